The summed E-state index contributed by atoms with van der Waals surface area (Å²) in [4.78, 5) is 9.39. The van der Waals surface area contributed by atoms with Gasteiger partial charge in [-0.15, -0.1) is 0 Å². The van der Waals surface area contributed by atoms with Crippen molar-refractivity contribution in [3.63, 3.8) is 0 Å². The molecular formula is C20H19N3. The second-order valence-corrected chi connectivity index (χ2v) is 5.86. The predicted molar refractivity (Wildman–Crippen MR) is 94.6 cm³/mol. The first kappa shape index (κ1) is 13.9. The first-order chi connectivity index (χ1) is 11.4. The molecule has 3 nitrogen and oxygen atoms in total. The minimum absolute atomic E-state index is 0.827. The number of hydrogen-bond donors (Lipinski definition) is 0. The molecule has 23 heavy (non-hydrogen) atoms. The van der Waals surface area contributed by atoms with E-state index in [0.717, 1.165) is 36.2 Å². The van der Waals surface area contributed by atoms with Crippen LogP contribution in [-0.2, 0) is 13.0 Å². The van der Waals surface area contributed by atoms with Crippen molar-refractivity contribution >= 4 is 21.9 Å². The van der Waals surface area contributed by atoms with Crippen LogP contribution in [0.2, 0.25) is 0 Å². The maximum atomic E-state index is 4.85. The molecule has 0 bridgehead atoms. The molecule has 3 heteroatoms. The summed E-state index contributed by atoms with van der Waals surface area (Å²) in [5.41, 5.74) is 3.54. The van der Waals surface area contributed by atoms with Crippen molar-refractivity contribution in [1.82, 2.24) is 14.5 Å². The van der Waals surface area contributed by atoms with Crippen molar-refractivity contribution in [3.05, 3.63) is 72.2 Å². The lowest BCUT2D eigenvalue weighted by Gasteiger charge is -2.07. The van der Waals surface area contributed by atoms with E-state index >= 15 is 0 Å². The third kappa shape index (κ3) is 2.48. The number of rotatable bonds is 4. The van der Waals surface area contributed by atoms with E-state index in [4.69, 9.17) is 4.98 Å². The van der Waals surface area contributed by atoms with Gasteiger partial charge in [0.15, 0.2) is 0 Å². The van der Waals surface area contributed by atoms with E-state index in [2.05, 4.69) is 71.1 Å². The van der Waals surface area contributed by atoms with Gasteiger partial charge in [-0.1, -0.05) is 55.5 Å². The Balaban J connectivity index is 1.95. The largest absolute Gasteiger partial charge is 0.321 e. The van der Waals surface area contributed by atoms with Gasteiger partial charge in [-0.2, -0.15) is 0 Å². The summed E-state index contributed by atoms with van der Waals surface area (Å²) in [5.74, 6) is 0.928. The van der Waals surface area contributed by atoms with Crippen molar-refractivity contribution in [2.24, 2.45) is 0 Å². The molecule has 4 aromatic rings. The zero-order valence-electron chi connectivity index (χ0n) is 13.2. The summed E-state index contributed by atoms with van der Waals surface area (Å²) in [5, 5.41) is 2.36. The van der Waals surface area contributed by atoms with Crippen LogP contribution in [0.4, 0.5) is 0 Å². The Hall–Kier alpha value is -2.68. The van der Waals surface area contributed by atoms with E-state index < -0.39 is 0 Å². The Labute approximate surface area is 135 Å². The molecule has 4 rings (SSSR count). The molecule has 2 aromatic heterocycles. The summed E-state index contributed by atoms with van der Waals surface area (Å²) in [6.07, 6.45) is 3.96. The summed E-state index contributed by atoms with van der Waals surface area (Å²) >= 11 is 0. The van der Waals surface area contributed by atoms with Gasteiger partial charge in [-0.25, -0.2) is 9.97 Å². The number of nitrogens with zero attached hydrogens (tertiary/aromatic N) is 3. The highest BCUT2D eigenvalue weighted by atomic mass is 15.1. The summed E-state index contributed by atoms with van der Waals surface area (Å²) in [6, 6.07) is 19.0. The molecule has 0 amide bonds. The van der Waals surface area contributed by atoms with E-state index in [1.54, 1.807) is 0 Å². The van der Waals surface area contributed by atoms with Crippen LogP contribution < -0.4 is 0 Å². The predicted octanol–water partition coefficient (Wildman–Crippen LogP) is 4.59. The number of hydrogen-bond acceptors (Lipinski definition) is 2. The Morgan fingerprint density at radius 2 is 1.70 bits per heavy atom. The number of aryl methyl sites for hydroxylation is 1. The van der Waals surface area contributed by atoms with Crippen molar-refractivity contribution in [2.45, 2.75) is 26.3 Å². The lowest BCUT2D eigenvalue weighted by molar-refractivity contribution is 0.814. The smallest absolute Gasteiger partial charge is 0.145 e. The molecule has 0 N–H and O–H groups in total. The van der Waals surface area contributed by atoms with E-state index in [1.165, 1.54) is 16.5 Å². The third-order valence-electron chi connectivity index (χ3n) is 4.22. The molecule has 114 valence electrons. The Kier molecular flexibility index (Phi) is 3.54. The molecule has 0 fully saturated rings. The van der Waals surface area contributed by atoms with Gasteiger partial charge in [0.1, 0.15) is 11.5 Å². The molecule has 0 saturated carbocycles. The lowest BCUT2D eigenvalue weighted by atomic mass is 10.2. The molecule has 0 spiro atoms. The topological polar surface area (TPSA) is 30.7 Å². The van der Waals surface area contributed by atoms with E-state index in [9.17, 15) is 0 Å². The molecule has 2 heterocycles. The second-order valence-electron chi connectivity index (χ2n) is 5.86. The first-order valence-corrected chi connectivity index (χ1v) is 8.13. The van der Waals surface area contributed by atoms with E-state index in [-0.39, 0.29) is 0 Å². The van der Waals surface area contributed by atoms with Crippen LogP contribution in [0.5, 0.6) is 0 Å². The van der Waals surface area contributed by atoms with Crippen LogP contribution in [0.15, 0.2) is 60.8 Å². The van der Waals surface area contributed by atoms with Gasteiger partial charge in [-0.05, 0) is 18.1 Å². The summed E-state index contributed by atoms with van der Waals surface area (Å²) in [7, 11) is 0. The summed E-state index contributed by atoms with van der Waals surface area (Å²) in [6.45, 7) is 2.99. The van der Waals surface area contributed by atoms with Crippen molar-refractivity contribution < 1.29 is 0 Å². The monoisotopic (exact) mass is 301 g/mol. The fourth-order valence-corrected chi connectivity index (χ4v) is 3.12. The van der Waals surface area contributed by atoms with Crippen LogP contribution in [0, 0.1) is 0 Å². The highest BCUT2D eigenvalue weighted by Crippen LogP contribution is 2.28. The SMILES string of the molecule is CCCc1ncc2c3ccccc3n(Cc3ccccc3)c2n1. The fourth-order valence-electron chi connectivity index (χ4n) is 3.12. The van der Waals surface area contributed by atoms with Gasteiger partial charge in [0, 0.05) is 29.9 Å². The standard InChI is InChI=1S/C20H19N3/c1-2-8-19-21-13-17-16-11-6-7-12-18(16)23(20(17)22-19)14-15-9-4-3-5-10-15/h3-7,9-13H,2,8,14H2,1H3. The second kappa shape index (κ2) is 5.84. The number of para-hydroxylation sites is 1. The molecule has 0 aliphatic carbocycles. The van der Waals surface area contributed by atoms with Crippen LogP contribution in [-0.4, -0.2) is 14.5 Å². The van der Waals surface area contributed by atoms with Gasteiger partial charge in [-0.3, -0.25) is 0 Å². The summed E-state index contributed by atoms with van der Waals surface area (Å²) < 4.78 is 2.31. The van der Waals surface area contributed by atoms with Gasteiger partial charge in [0.25, 0.3) is 0 Å². The maximum absolute atomic E-state index is 4.85. The van der Waals surface area contributed by atoms with E-state index in [0.29, 0.717) is 0 Å². The highest BCUT2D eigenvalue weighted by Gasteiger charge is 2.13. The molecule has 0 unspecified atom stereocenters. The molecule has 0 saturated heterocycles. The quantitative estimate of drug-likeness (QED) is 0.552. The minimum Gasteiger partial charge on any atom is -0.321 e. The third-order valence-corrected chi connectivity index (χ3v) is 4.22. The average molecular weight is 301 g/mol. The number of benzene rings is 2. The van der Waals surface area contributed by atoms with Crippen LogP contribution in [0.3, 0.4) is 0 Å². The van der Waals surface area contributed by atoms with Gasteiger partial charge in [0.05, 0.1) is 5.52 Å². The van der Waals surface area contributed by atoms with Crippen LogP contribution in [0.1, 0.15) is 24.7 Å². The van der Waals surface area contributed by atoms with Crippen LogP contribution in [0.25, 0.3) is 21.9 Å². The van der Waals surface area contributed by atoms with Crippen LogP contribution >= 0.6 is 0 Å². The average Bonchev–Trinajstić information content (AvgIpc) is 2.90. The number of fused-ring (bicyclic) bond motifs is 3. The maximum Gasteiger partial charge on any atom is 0.145 e. The highest BCUT2D eigenvalue weighted by molar-refractivity contribution is 6.06. The Morgan fingerprint density at radius 3 is 2.52 bits per heavy atom. The Morgan fingerprint density at radius 1 is 0.913 bits per heavy atom. The zero-order chi connectivity index (χ0) is 15.6. The molecule has 0 aliphatic heterocycles. The molecule has 0 radical (unpaired) electrons. The van der Waals surface area contributed by atoms with Crippen molar-refractivity contribution in [3.8, 4) is 0 Å². The zero-order valence-corrected chi connectivity index (χ0v) is 13.2. The Bertz CT molecular complexity index is 955. The van der Waals surface area contributed by atoms with Gasteiger partial charge < -0.3 is 4.57 Å². The van der Waals surface area contributed by atoms with Gasteiger partial charge >= 0.3 is 0 Å². The minimum atomic E-state index is 0.827. The van der Waals surface area contributed by atoms with E-state index in [1.807, 2.05) is 6.20 Å². The van der Waals surface area contributed by atoms with Crippen molar-refractivity contribution in [1.29, 1.82) is 0 Å². The first-order valence-electron chi connectivity index (χ1n) is 8.13. The normalized spacial score (nSPS) is 11.3. The fraction of sp³-hybridized carbons (Fsp3) is 0.200. The molecule has 0 aliphatic rings. The molecule has 2 aromatic carbocycles. The lowest BCUT2D eigenvalue weighted by Crippen LogP contribution is -2.02. The van der Waals surface area contributed by atoms with Crippen molar-refractivity contribution in [2.75, 3.05) is 0 Å². The molecule has 0 atom stereocenters. The van der Waals surface area contributed by atoms with Gasteiger partial charge in [0.2, 0.25) is 0 Å². The molecular weight excluding hydrogens is 282 g/mol. The number of aromatic nitrogens is 3.